The van der Waals surface area contributed by atoms with Crippen LogP contribution >= 0.6 is 0 Å². The van der Waals surface area contributed by atoms with E-state index in [-0.39, 0.29) is 0 Å². The first kappa shape index (κ1) is 14.5. The van der Waals surface area contributed by atoms with Crippen LogP contribution in [0.2, 0.25) is 0 Å². The molecule has 2 heterocycles. The number of nitrogens with one attached hydrogen (secondary N) is 1. The van der Waals surface area contributed by atoms with Crippen molar-refractivity contribution in [3.63, 3.8) is 0 Å². The molecule has 0 unspecified atom stereocenters. The van der Waals surface area contributed by atoms with E-state index in [4.69, 9.17) is 0 Å². The van der Waals surface area contributed by atoms with Crippen LogP contribution in [-0.2, 0) is 11.2 Å². The van der Waals surface area contributed by atoms with Gasteiger partial charge in [-0.2, -0.15) is 5.10 Å². The molecule has 0 bridgehead atoms. The summed E-state index contributed by atoms with van der Waals surface area (Å²) in [5.74, 6) is 1.13. The van der Waals surface area contributed by atoms with Gasteiger partial charge in [0.05, 0.1) is 0 Å². The Morgan fingerprint density at radius 3 is 3.04 bits per heavy atom. The van der Waals surface area contributed by atoms with Crippen molar-refractivity contribution in [1.82, 2.24) is 15.1 Å². The quantitative estimate of drug-likeness (QED) is 0.946. The van der Waals surface area contributed by atoms with Gasteiger partial charge in [0.2, 0.25) is 5.91 Å². The maximum Gasteiger partial charge on any atom is 0.223 e. The van der Waals surface area contributed by atoms with Gasteiger partial charge in [-0.25, -0.2) is 0 Å². The number of carbonyl (C=O) groups excluding carboxylic acids is 1. The molecule has 1 aliphatic heterocycles. The third kappa shape index (κ3) is 2.90. The maximum atomic E-state index is 12.8. The van der Waals surface area contributed by atoms with Crippen molar-refractivity contribution in [2.75, 3.05) is 13.1 Å². The Morgan fingerprint density at radius 2 is 2.17 bits per heavy atom. The molecule has 2 aromatic rings. The minimum atomic E-state index is 0.316. The number of H-pyrrole nitrogens is 1. The van der Waals surface area contributed by atoms with Crippen LogP contribution in [0.3, 0.4) is 0 Å². The van der Waals surface area contributed by atoms with E-state index in [9.17, 15) is 4.79 Å². The van der Waals surface area contributed by atoms with E-state index in [2.05, 4.69) is 39.4 Å². The lowest BCUT2D eigenvalue weighted by Gasteiger charge is -2.33. The number of aryl methyl sites for hydroxylation is 1. The highest BCUT2D eigenvalue weighted by atomic mass is 16.2. The summed E-state index contributed by atoms with van der Waals surface area (Å²) < 4.78 is 0. The van der Waals surface area contributed by atoms with E-state index >= 15 is 0 Å². The van der Waals surface area contributed by atoms with E-state index in [1.807, 2.05) is 6.07 Å². The van der Waals surface area contributed by atoms with Crippen LogP contribution in [0.1, 0.15) is 54.3 Å². The Labute approximate surface area is 136 Å². The monoisotopic (exact) mass is 309 g/mol. The van der Waals surface area contributed by atoms with Gasteiger partial charge in [0.1, 0.15) is 0 Å². The lowest BCUT2D eigenvalue weighted by atomic mass is 9.93. The second kappa shape index (κ2) is 6.19. The molecule has 1 aromatic carbocycles. The molecular weight excluding hydrogens is 286 g/mol. The molecule has 4 nitrogen and oxygen atoms in total. The number of benzene rings is 1. The molecule has 0 spiro atoms. The fraction of sp³-hybridized carbons (Fsp3) is 0.474. The maximum absolute atomic E-state index is 12.8. The van der Waals surface area contributed by atoms with E-state index in [0.717, 1.165) is 44.5 Å². The topological polar surface area (TPSA) is 49.0 Å². The average Bonchev–Trinajstić information content (AvgIpc) is 3.25. The molecule has 1 amide bonds. The predicted molar refractivity (Wildman–Crippen MR) is 89.3 cm³/mol. The average molecular weight is 309 g/mol. The highest BCUT2D eigenvalue weighted by molar-refractivity contribution is 5.77. The predicted octanol–water partition coefficient (Wildman–Crippen LogP) is 3.24. The highest BCUT2D eigenvalue weighted by Gasteiger charge is 2.29. The number of rotatable bonds is 3. The van der Waals surface area contributed by atoms with Crippen LogP contribution in [0.15, 0.2) is 36.5 Å². The summed E-state index contributed by atoms with van der Waals surface area (Å²) in [6.45, 7) is 1.73. The second-order valence-electron chi connectivity index (χ2n) is 6.83. The van der Waals surface area contributed by atoms with Crippen LogP contribution in [0, 0.1) is 0 Å². The molecule has 120 valence electrons. The Balaban J connectivity index is 1.41. The standard InChI is InChI=1S/C19H23N3O/c23-19(12-15-8-7-14-4-1-2-6-17(14)15)22-11-3-5-16(13-22)18-9-10-20-21-18/h1-2,4,6,9-10,15-16H,3,5,7-8,11-13H2,(H,20,21)/t15-,16+/m0/s1. The fourth-order valence-electron chi connectivity index (χ4n) is 4.15. The molecule has 4 heteroatoms. The first-order valence-corrected chi connectivity index (χ1v) is 8.66. The Kier molecular flexibility index (Phi) is 3.90. The largest absolute Gasteiger partial charge is 0.342 e. The molecule has 0 saturated carbocycles. The summed E-state index contributed by atoms with van der Waals surface area (Å²) in [5.41, 5.74) is 3.98. The van der Waals surface area contributed by atoms with Crippen molar-refractivity contribution in [2.45, 2.75) is 43.9 Å². The molecule has 2 atom stereocenters. The van der Waals surface area contributed by atoms with E-state index in [1.165, 1.54) is 11.1 Å². The van der Waals surface area contributed by atoms with Gasteiger partial charge < -0.3 is 4.90 Å². The first-order valence-electron chi connectivity index (χ1n) is 8.66. The van der Waals surface area contributed by atoms with E-state index < -0.39 is 0 Å². The Bertz CT molecular complexity index is 680. The summed E-state index contributed by atoms with van der Waals surface area (Å²) in [4.78, 5) is 14.8. The van der Waals surface area contributed by atoms with Gasteiger partial charge in [-0.1, -0.05) is 24.3 Å². The van der Waals surface area contributed by atoms with Crippen LogP contribution < -0.4 is 0 Å². The molecule has 2 aliphatic rings. The van der Waals surface area contributed by atoms with Crippen LogP contribution in [0.4, 0.5) is 0 Å². The molecule has 1 aromatic heterocycles. The van der Waals surface area contributed by atoms with Gasteiger partial charge >= 0.3 is 0 Å². The minimum Gasteiger partial charge on any atom is -0.342 e. The first-order chi connectivity index (χ1) is 11.3. The van der Waals surface area contributed by atoms with Crippen molar-refractivity contribution in [1.29, 1.82) is 0 Å². The minimum absolute atomic E-state index is 0.316. The molecule has 0 radical (unpaired) electrons. The zero-order valence-electron chi connectivity index (χ0n) is 13.4. The Hall–Kier alpha value is -2.10. The molecule has 23 heavy (non-hydrogen) atoms. The summed E-state index contributed by atoms with van der Waals surface area (Å²) in [5, 5.41) is 7.11. The smallest absolute Gasteiger partial charge is 0.223 e. The number of amides is 1. The number of likely N-dealkylation sites (tertiary alicyclic amines) is 1. The third-order valence-corrected chi connectivity index (χ3v) is 5.41. The van der Waals surface area contributed by atoms with Crippen molar-refractivity contribution in [3.8, 4) is 0 Å². The van der Waals surface area contributed by atoms with Gasteiger partial charge in [0.15, 0.2) is 0 Å². The third-order valence-electron chi connectivity index (χ3n) is 5.41. The summed E-state index contributed by atoms with van der Waals surface area (Å²) in [7, 11) is 0. The van der Waals surface area contributed by atoms with Crippen molar-refractivity contribution in [2.24, 2.45) is 0 Å². The van der Waals surface area contributed by atoms with Crippen molar-refractivity contribution < 1.29 is 4.79 Å². The zero-order chi connectivity index (χ0) is 15.6. The van der Waals surface area contributed by atoms with Gasteiger partial charge in [-0.3, -0.25) is 9.89 Å². The number of aromatic amines is 1. The van der Waals surface area contributed by atoms with Gasteiger partial charge in [0, 0.05) is 37.3 Å². The Morgan fingerprint density at radius 1 is 1.26 bits per heavy atom. The molecule has 1 fully saturated rings. The summed E-state index contributed by atoms with van der Waals surface area (Å²) >= 11 is 0. The molecule has 1 aliphatic carbocycles. The van der Waals surface area contributed by atoms with Crippen LogP contribution in [0.5, 0.6) is 0 Å². The van der Waals surface area contributed by atoms with Crippen LogP contribution in [-0.4, -0.2) is 34.1 Å². The normalized spacial score (nSPS) is 23.7. The van der Waals surface area contributed by atoms with Gasteiger partial charge in [-0.15, -0.1) is 0 Å². The number of piperidine rings is 1. The summed E-state index contributed by atoms with van der Waals surface area (Å²) in [6, 6.07) is 10.6. The SMILES string of the molecule is O=C(C[C@@H]1CCc2ccccc21)N1CCC[C@@H](c2ccn[nH]2)C1. The molecular formula is C19H23N3O. The fourth-order valence-corrected chi connectivity index (χ4v) is 4.15. The number of fused-ring (bicyclic) bond motifs is 1. The number of hydrogen-bond donors (Lipinski definition) is 1. The highest BCUT2D eigenvalue weighted by Crippen LogP contribution is 2.36. The number of hydrogen-bond acceptors (Lipinski definition) is 2. The van der Waals surface area contributed by atoms with Gasteiger partial charge in [-0.05, 0) is 48.8 Å². The molecule has 4 rings (SSSR count). The molecule has 1 saturated heterocycles. The van der Waals surface area contributed by atoms with E-state index in [0.29, 0.717) is 24.2 Å². The van der Waals surface area contributed by atoms with Crippen molar-refractivity contribution in [3.05, 3.63) is 53.3 Å². The van der Waals surface area contributed by atoms with Crippen LogP contribution in [0.25, 0.3) is 0 Å². The lowest BCUT2D eigenvalue weighted by molar-refractivity contribution is -0.132. The molecule has 1 N–H and O–H groups in total. The van der Waals surface area contributed by atoms with E-state index in [1.54, 1.807) is 6.20 Å². The number of nitrogens with zero attached hydrogens (tertiary/aromatic N) is 2. The lowest BCUT2D eigenvalue weighted by Crippen LogP contribution is -2.39. The number of aromatic nitrogens is 2. The number of carbonyl (C=O) groups is 1. The van der Waals surface area contributed by atoms with Gasteiger partial charge in [0.25, 0.3) is 0 Å². The zero-order valence-corrected chi connectivity index (χ0v) is 13.4. The second-order valence-corrected chi connectivity index (χ2v) is 6.83. The summed E-state index contributed by atoms with van der Waals surface area (Å²) in [6.07, 6.45) is 6.90. The van der Waals surface area contributed by atoms with Crippen molar-refractivity contribution >= 4 is 5.91 Å².